The third-order valence-corrected chi connectivity index (χ3v) is 4.80. The van der Waals surface area contributed by atoms with Crippen molar-refractivity contribution in [3.63, 3.8) is 0 Å². The van der Waals surface area contributed by atoms with Gasteiger partial charge in [0.1, 0.15) is 5.69 Å². The van der Waals surface area contributed by atoms with Gasteiger partial charge in [0.25, 0.3) is 5.91 Å². The van der Waals surface area contributed by atoms with Crippen LogP contribution in [0.4, 0.5) is 5.69 Å². The summed E-state index contributed by atoms with van der Waals surface area (Å²) in [6, 6.07) is 16.9. The number of pyridine rings is 1. The molecule has 0 aliphatic carbocycles. The minimum absolute atomic E-state index is 0.282. The van der Waals surface area contributed by atoms with E-state index in [1.54, 1.807) is 48.5 Å². The van der Waals surface area contributed by atoms with Crippen molar-refractivity contribution in [3.8, 4) is 11.5 Å². The Hall–Kier alpha value is -3.35. The summed E-state index contributed by atoms with van der Waals surface area (Å²) in [5.41, 5.74) is 1.75. The zero-order valence-electron chi connectivity index (χ0n) is 15.4. The minimum atomic E-state index is -0.654. The summed E-state index contributed by atoms with van der Waals surface area (Å²) in [7, 11) is 0. The van der Waals surface area contributed by atoms with E-state index in [4.69, 9.17) is 32.4 Å². The van der Waals surface area contributed by atoms with Crippen molar-refractivity contribution in [1.29, 1.82) is 0 Å². The molecule has 6 nitrogen and oxygen atoms in total. The second-order valence-corrected chi connectivity index (χ2v) is 7.14. The van der Waals surface area contributed by atoms with Crippen LogP contribution in [-0.4, -0.2) is 23.5 Å². The Bertz CT molecular complexity index is 1240. The number of carbonyl (C=O) groups excluding carboxylic acids is 2. The average molecular weight is 441 g/mol. The van der Waals surface area contributed by atoms with Gasteiger partial charge in [0.15, 0.2) is 12.4 Å². The van der Waals surface area contributed by atoms with Crippen molar-refractivity contribution in [2.45, 2.75) is 0 Å². The van der Waals surface area contributed by atoms with Crippen LogP contribution in [0.5, 0.6) is 0 Å². The highest BCUT2D eigenvalue weighted by Crippen LogP contribution is 2.27. The first kappa shape index (κ1) is 19.9. The first-order valence-electron chi connectivity index (χ1n) is 8.87. The van der Waals surface area contributed by atoms with Crippen LogP contribution in [0.3, 0.4) is 0 Å². The average Bonchev–Trinajstić information content (AvgIpc) is 3.28. The molecule has 2 aromatic carbocycles. The summed E-state index contributed by atoms with van der Waals surface area (Å²) in [5.74, 6) is -0.666. The van der Waals surface area contributed by atoms with Gasteiger partial charge in [0.2, 0.25) is 0 Å². The highest BCUT2D eigenvalue weighted by Gasteiger charge is 2.17. The van der Waals surface area contributed by atoms with Crippen molar-refractivity contribution >= 4 is 51.7 Å². The number of carbonyl (C=O) groups is 2. The number of benzene rings is 2. The lowest BCUT2D eigenvalue weighted by molar-refractivity contribution is -0.119. The molecule has 30 heavy (non-hydrogen) atoms. The molecule has 8 heteroatoms. The number of amides is 1. The summed E-state index contributed by atoms with van der Waals surface area (Å²) in [5, 5.41) is 3.92. The third-order valence-electron chi connectivity index (χ3n) is 4.25. The Balaban J connectivity index is 1.53. The fraction of sp³-hybridized carbons (Fsp3) is 0.0455. The van der Waals surface area contributed by atoms with Crippen LogP contribution in [0.1, 0.15) is 10.4 Å². The number of nitrogens with zero attached hydrogens (tertiary/aromatic N) is 1. The van der Waals surface area contributed by atoms with E-state index in [0.717, 1.165) is 0 Å². The van der Waals surface area contributed by atoms with E-state index in [9.17, 15) is 9.59 Å². The number of aromatic nitrogens is 1. The third kappa shape index (κ3) is 4.30. The summed E-state index contributed by atoms with van der Waals surface area (Å²) in [6.45, 7) is -0.482. The second kappa shape index (κ2) is 8.57. The zero-order valence-corrected chi connectivity index (χ0v) is 16.9. The maximum absolute atomic E-state index is 12.7. The van der Waals surface area contributed by atoms with E-state index in [0.29, 0.717) is 33.1 Å². The number of fused-ring (bicyclic) bond motifs is 1. The number of furan rings is 1. The van der Waals surface area contributed by atoms with Gasteiger partial charge in [-0.3, -0.25) is 4.79 Å². The minimum Gasteiger partial charge on any atom is -0.463 e. The number of halogens is 2. The van der Waals surface area contributed by atoms with Crippen LogP contribution in [0.25, 0.3) is 22.4 Å². The van der Waals surface area contributed by atoms with E-state index >= 15 is 0 Å². The smallest absolute Gasteiger partial charge is 0.339 e. The first-order valence-corrected chi connectivity index (χ1v) is 9.62. The molecule has 0 aliphatic rings. The van der Waals surface area contributed by atoms with Crippen molar-refractivity contribution in [3.05, 3.63) is 82.5 Å². The second-order valence-electron chi connectivity index (χ2n) is 6.30. The zero-order chi connectivity index (χ0) is 21.1. The van der Waals surface area contributed by atoms with Crippen molar-refractivity contribution in [2.24, 2.45) is 0 Å². The monoisotopic (exact) mass is 440 g/mol. The standard InChI is InChI=1S/C22H14Cl2N2O4/c23-13-7-8-18(16(24)10-13)26-21(27)12-30-22(28)15-11-19(20-6-3-9-29-20)25-17-5-2-1-4-14(15)17/h1-11H,12H2,(H,26,27). The van der Waals surface area contributed by atoms with Crippen molar-refractivity contribution in [2.75, 3.05) is 11.9 Å². The lowest BCUT2D eigenvalue weighted by Crippen LogP contribution is -2.21. The van der Waals surface area contributed by atoms with Gasteiger partial charge in [-0.15, -0.1) is 0 Å². The molecule has 0 spiro atoms. The van der Waals surface area contributed by atoms with E-state index in [1.807, 2.05) is 6.07 Å². The number of nitrogens with one attached hydrogen (secondary N) is 1. The molecule has 0 fully saturated rings. The normalized spacial score (nSPS) is 10.7. The molecule has 0 bridgehead atoms. The lowest BCUT2D eigenvalue weighted by Gasteiger charge is -2.10. The molecular weight excluding hydrogens is 427 g/mol. The predicted molar refractivity (Wildman–Crippen MR) is 115 cm³/mol. The Morgan fingerprint density at radius 2 is 1.87 bits per heavy atom. The maximum Gasteiger partial charge on any atom is 0.339 e. The summed E-state index contributed by atoms with van der Waals surface area (Å²) in [6.07, 6.45) is 1.52. The Morgan fingerprint density at radius 1 is 1.03 bits per heavy atom. The van der Waals surface area contributed by atoms with Gasteiger partial charge in [0, 0.05) is 10.4 Å². The number of ether oxygens (including phenoxy) is 1. The molecule has 150 valence electrons. The van der Waals surface area contributed by atoms with Crippen LogP contribution in [0.15, 0.2) is 71.3 Å². The number of anilines is 1. The molecule has 1 amide bonds. The number of hydrogen-bond donors (Lipinski definition) is 1. The Morgan fingerprint density at radius 3 is 2.63 bits per heavy atom. The van der Waals surface area contributed by atoms with Crippen LogP contribution in [0, 0.1) is 0 Å². The Labute approximate surface area is 181 Å². The first-order chi connectivity index (χ1) is 14.5. The molecule has 0 atom stereocenters. The van der Waals surface area contributed by atoms with Gasteiger partial charge in [-0.05, 0) is 42.5 Å². The number of rotatable bonds is 5. The van der Waals surface area contributed by atoms with E-state index < -0.39 is 18.5 Å². The molecule has 2 aromatic heterocycles. The Kier molecular flexibility index (Phi) is 5.70. The SMILES string of the molecule is O=C(COC(=O)c1cc(-c2ccco2)nc2ccccc12)Nc1ccc(Cl)cc1Cl. The fourth-order valence-corrected chi connectivity index (χ4v) is 3.34. The quantitative estimate of drug-likeness (QED) is 0.408. The van der Waals surface area contributed by atoms with Gasteiger partial charge in [-0.2, -0.15) is 0 Å². The van der Waals surface area contributed by atoms with Crippen molar-refractivity contribution < 1.29 is 18.7 Å². The van der Waals surface area contributed by atoms with Crippen LogP contribution < -0.4 is 5.32 Å². The topological polar surface area (TPSA) is 81.4 Å². The lowest BCUT2D eigenvalue weighted by atomic mass is 10.1. The molecule has 4 rings (SSSR count). The van der Waals surface area contributed by atoms with Crippen molar-refractivity contribution in [1.82, 2.24) is 4.98 Å². The predicted octanol–water partition coefficient (Wildman–Crippen LogP) is 5.60. The van der Waals surface area contributed by atoms with Gasteiger partial charge < -0.3 is 14.5 Å². The summed E-state index contributed by atoms with van der Waals surface area (Å²) >= 11 is 11.9. The van der Waals surface area contributed by atoms with Crippen LogP contribution >= 0.6 is 23.2 Å². The maximum atomic E-state index is 12.7. The molecule has 0 saturated carbocycles. The van der Waals surface area contributed by atoms with E-state index in [-0.39, 0.29) is 10.6 Å². The van der Waals surface area contributed by atoms with Gasteiger partial charge in [-0.25, -0.2) is 9.78 Å². The summed E-state index contributed by atoms with van der Waals surface area (Å²) in [4.78, 5) is 29.5. The fourth-order valence-electron chi connectivity index (χ4n) is 2.88. The highest BCUT2D eigenvalue weighted by atomic mass is 35.5. The largest absolute Gasteiger partial charge is 0.463 e. The molecule has 0 aliphatic heterocycles. The number of para-hydroxylation sites is 1. The van der Waals surface area contributed by atoms with Crippen LogP contribution in [0.2, 0.25) is 10.0 Å². The summed E-state index contributed by atoms with van der Waals surface area (Å²) < 4.78 is 10.6. The molecule has 0 radical (unpaired) electrons. The molecule has 1 N–H and O–H groups in total. The molecule has 4 aromatic rings. The molecule has 0 saturated heterocycles. The van der Waals surface area contributed by atoms with Gasteiger partial charge in [-0.1, -0.05) is 41.4 Å². The molecule has 2 heterocycles. The van der Waals surface area contributed by atoms with Gasteiger partial charge in [0.05, 0.1) is 28.1 Å². The van der Waals surface area contributed by atoms with Crippen LogP contribution in [-0.2, 0) is 9.53 Å². The molecule has 0 unspecified atom stereocenters. The number of esters is 1. The highest BCUT2D eigenvalue weighted by molar-refractivity contribution is 6.36. The van der Waals surface area contributed by atoms with Gasteiger partial charge >= 0.3 is 5.97 Å². The van der Waals surface area contributed by atoms with E-state index in [2.05, 4.69) is 10.3 Å². The number of hydrogen-bond acceptors (Lipinski definition) is 5. The van der Waals surface area contributed by atoms with E-state index in [1.165, 1.54) is 12.3 Å². The molecular formula is C22H14Cl2N2O4.